The average Bonchev–Trinajstić information content (AvgIpc) is 2.47. The van der Waals surface area contributed by atoms with Crippen molar-refractivity contribution in [2.24, 2.45) is 5.73 Å². The van der Waals surface area contributed by atoms with E-state index in [-0.39, 0.29) is 18.1 Å². The first-order valence-corrected chi connectivity index (χ1v) is 7.25. The molecule has 2 N–H and O–H groups in total. The van der Waals surface area contributed by atoms with Crippen molar-refractivity contribution in [1.82, 2.24) is 4.90 Å². The van der Waals surface area contributed by atoms with E-state index < -0.39 is 0 Å². The molecule has 1 aromatic rings. The van der Waals surface area contributed by atoms with Crippen molar-refractivity contribution in [1.29, 1.82) is 0 Å². The fourth-order valence-electron chi connectivity index (χ4n) is 2.42. The van der Waals surface area contributed by atoms with Crippen LogP contribution in [0.5, 0.6) is 0 Å². The standard InChI is InChI=1S/C16H24N2O2/c1-11(2)13-4-6-14(7-5-13)16(19)18-9-15(8-17)20-10-12(18)3/h4-7,11-12,15H,8-10,17H2,1-3H3. The second kappa shape index (κ2) is 6.37. The number of hydrogen-bond donors (Lipinski definition) is 1. The van der Waals surface area contributed by atoms with Crippen molar-refractivity contribution in [2.75, 3.05) is 19.7 Å². The molecule has 1 saturated heterocycles. The lowest BCUT2D eigenvalue weighted by molar-refractivity contribution is -0.0426. The van der Waals surface area contributed by atoms with Gasteiger partial charge in [0.25, 0.3) is 5.91 Å². The molecule has 1 heterocycles. The van der Waals surface area contributed by atoms with Crippen molar-refractivity contribution >= 4 is 5.91 Å². The van der Waals surface area contributed by atoms with Crippen LogP contribution in [-0.4, -0.2) is 42.6 Å². The van der Waals surface area contributed by atoms with E-state index in [0.717, 1.165) is 5.56 Å². The van der Waals surface area contributed by atoms with Crippen LogP contribution in [0, 0.1) is 0 Å². The van der Waals surface area contributed by atoms with Crippen LogP contribution < -0.4 is 5.73 Å². The Balaban J connectivity index is 2.13. The van der Waals surface area contributed by atoms with Gasteiger partial charge in [-0.25, -0.2) is 0 Å². The SMILES string of the molecule is CC(C)c1ccc(C(=O)N2CC(CN)OCC2C)cc1. The van der Waals surface area contributed by atoms with E-state index >= 15 is 0 Å². The summed E-state index contributed by atoms with van der Waals surface area (Å²) in [6.45, 7) is 7.87. The number of morpholine rings is 1. The molecule has 1 aliphatic heterocycles. The van der Waals surface area contributed by atoms with E-state index in [1.165, 1.54) is 5.56 Å². The highest BCUT2D eigenvalue weighted by Crippen LogP contribution is 2.18. The van der Waals surface area contributed by atoms with E-state index in [0.29, 0.717) is 25.6 Å². The lowest BCUT2D eigenvalue weighted by atomic mass is 10.0. The molecule has 1 amide bonds. The molecular weight excluding hydrogens is 252 g/mol. The zero-order chi connectivity index (χ0) is 14.7. The highest BCUT2D eigenvalue weighted by atomic mass is 16.5. The second-order valence-corrected chi connectivity index (χ2v) is 5.77. The summed E-state index contributed by atoms with van der Waals surface area (Å²) in [6, 6.07) is 7.98. The summed E-state index contributed by atoms with van der Waals surface area (Å²) in [6.07, 6.45) is -0.0508. The van der Waals surface area contributed by atoms with Crippen molar-refractivity contribution in [2.45, 2.75) is 38.8 Å². The van der Waals surface area contributed by atoms with Gasteiger partial charge in [-0.2, -0.15) is 0 Å². The normalized spacial score (nSPS) is 23.1. The molecular formula is C16H24N2O2. The predicted octanol–water partition coefficient (Wildman–Crippen LogP) is 2.00. The molecule has 2 unspecified atom stereocenters. The van der Waals surface area contributed by atoms with Crippen molar-refractivity contribution in [3.05, 3.63) is 35.4 Å². The summed E-state index contributed by atoms with van der Waals surface area (Å²) in [5, 5.41) is 0. The smallest absolute Gasteiger partial charge is 0.254 e. The third kappa shape index (κ3) is 3.19. The van der Waals surface area contributed by atoms with Gasteiger partial charge in [0.15, 0.2) is 0 Å². The van der Waals surface area contributed by atoms with E-state index in [2.05, 4.69) is 13.8 Å². The van der Waals surface area contributed by atoms with Gasteiger partial charge in [0, 0.05) is 18.7 Å². The zero-order valence-corrected chi connectivity index (χ0v) is 12.5. The molecule has 110 valence electrons. The van der Waals surface area contributed by atoms with Gasteiger partial charge >= 0.3 is 0 Å². The highest BCUT2D eigenvalue weighted by molar-refractivity contribution is 5.94. The quantitative estimate of drug-likeness (QED) is 0.918. The number of rotatable bonds is 3. The Kier molecular flexibility index (Phi) is 4.78. The van der Waals surface area contributed by atoms with Crippen LogP contribution in [0.3, 0.4) is 0 Å². The fourth-order valence-corrected chi connectivity index (χ4v) is 2.42. The van der Waals surface area contributed by atoms with Crippen molar-refractivity contribution in [3.63, 3.8) is 0 Å². The Labute approximate surface area is 120 Å². The molecule has 0 bridgehead atoms. The fraction of sp³-hybridized carbons (Fsp3) is 0.562. The lowest BCUT2D eigenvalue weighted by Crippen LogP contribution is -2.52. The van der Waals surface area contributed by atoms with Gasteiger partial charge in [0.05, 0.1) is 18.8 Å². The van der Waals surface area contributed by atoms with Crippen LogP contribution in [0.1, 0.15) is 42.6 Å². The van der Waals surface area contributed by atoms with Crippen molar-refractivity contribution in [3.8, 4) is 0 Å². The summed E-state index contributed by atoms with van der Waals surface area (Å²) in [5.74, 6) is 0.539. The highest BCUT2D eigenvalue weighted by Gasteiger charge is 2.29. The average molecular weight is 276 g/mol. The minimum atomic E-state index is -0.0508. The number of amides is 1. The number of carbonyl (C=O) groups excluding carboxylic acids is 1. The van der Waals surface area contributed by atoms with Gasteiger partial charge in [-0.15, -0.1) is 0 Å². The topological polar surface area (TPSA) is 55.6 Å². The Morgan fingerprint density at radius 3 is 2.60 bits per heavy atom. The molecule has 0 spiro atoms. The van der Waals surface area contributed by atoms with Gasteiger partial charge in [0.2, 0.25) is 0 Å². The molecule has 1 fully saturated rings. The zero-order valence-electron chi connectivity index (χ0n) is 12.5. The Bertz CT molecular complexity index is 456. The molecule has 4 nitrogen and oxygen atoms in total. The Hall–Kier alpha value is -1.39. The van der Waals surface area contributed by atoms with Crippen molar-refractivity contribution < 1.29 is 9.53 Å². The first-order valence-electron chi connectivity index (χ1n) is 7.25. The van der Waals surface area contributed by atoms with Gasteiger partial charge < -0.3 is 15.4 Å². The lowest BCUT2D eigenvalue weighted by Gasteiger charge is -2.37. The summed E-state index contributed by atoms with van der Waals surface area (Å²) < 4.78 is 5.59. The number of nitrogens with zero attached hydrogens (tertiary/aromatic N) is 1. The number of benzene rings is 1. The minimum Gasteiger partial charge on any atom is -0.373 e. The van der Waals surface area contributed by atoms with E-state index in [1.54, 1.807) is 0 Å². The predicted molar refractivity (Wildman–Crippen MR) is 79.8 cm³/mol. The van der Waals surface area contributed by atoms with Gasteiger partial charge in [-0.05, 0) is 30.5 Å². The van der Waals surface area contributed by atoms with E-state index in [4.69, 9.17) is 10.5 Å². The third-order valence-corrected chi connectivity index (χ3v) is 3.85. The third-order valence-electron chi connectivity index (χ3n) is 3.85. The molecule has 20 heavy (non-hydrogen) atoms. The van der Waals surface area contributed by atoms with Crippen LogP contribution in [0.15, 0.2) is 24.3 Å². The molecule has 4 heteroatoms. The largest absolute Gasteiger partial charge is 0.373 e. The summed E-state index contributed by atoms with van der Waals surface area (Å²) in [7, 11) is 0. The Morgan fingerprint density at radius 1 is 1.40 bits per heavy atom. The number of carbonyl (C=O) groups is 1. The summed E-state index contributed by atoms with van der Waals surface area (Å²) >= 11 is 0. The number of hydrogen-bond acceptors (Lipinski definition) is 3. The maximum absolute atomic E-state index is 12.6. The van der Waals surface area contributed by atoms with Gasteiger partial charge in [0.1, 0.15) is 0 Å². The first kappa shape index (κ1) is 15.0. The minimum absolute atomic E-state index is 0.0508. The molecule has 1 aliphatic rings. The van der Waals surface area contributed by atoms with Gasteiger partial charge in [-0.3, -0.25) is 4.79 Å². The molecule has 2 rings (SSSR count). The molecule has 0 aliphatic carbocycles. The number of nitrogens with two attached hydrogens (primary N) is 1. The summed E-state index contributed by atoms with van der Waals surface area (Å²) in [5.41, 5.74) is 7.62. The first-order chi connectivity index (χ1) is 9.52. The second-order valence-electron chi connectivity index (χ2n) is 5.77. The maximum atomic E-state index is 12.6. The van der Waals surface area contributed by atoms with Crippen LogP contribution in [-0.2, 0) is 4.74 Å². The molecule has 0 radical (unpaired) electrons. The molecule has 1 aromatic carbocycles. The van der Waals surface area contributed by atoms with Gasteiger partial charge in [-0.1, -0.05) is 26.0 Å². The molecule has 2 atom stereocenters. The van der Waals surface area contributed by atoms with Crippen LogP contribution in [0.4, 0.5) is 0 Å². The van der Waals surface area contributed by atoms with Crippen LogP contribution >= 0.6 is 0 Å². The maximum Gasteiger partial charge on any atom is 0.254 e. The molecule has 0 aromatic heterocycles. The van der Waals surface area contributed by atoms with Crippen LogP contribution in [0.2, 0.25) is 0 Å². The monoisotopic (exact) mass is 276 g/mol. The molecule has 0 saturated carbocycles. The summed E-state index contributed by atoms with van der Waals surface area (Å²) in [4.78, 5) is 14.4. The van der Waals surface area contributed by atoms with E-state index in [9.17, 15) is 4.79 Å². The van der Waals surface area contributed by atoms with E-state index in [1.807, 2.05) is 36.1 Å². The Morgan fingerprint density at radius 2 is 2.05 bits per heavy atom. The number of ether oxygens (including phenoxy) is 1. The van der Waals surface area contributed by atoms with Crippen LogP contribution in [0.25, 0.3) is 0 Å².